The van der Waals surface area contributed by atoms with Crippen LogP contribution in [0.4, 0.5) is 5.69 Å². The first-order valence-electron chi connectivity index (χ1n) is 6.62. The molecule has 2 N–H and O–H groups in total. The van der Waals surface area contributed by atoms with Crippen molar-refractivity contribution in [3.05, 3.63) is 29.8 Å². The van der Waals surface area contributed by atoms with Gasteiger partial charge in [-0.2, -0.15) is 0 Å². The average molecular weight is 249 g/mol. The molecule has 0 radical (unpaired) electrons. The van der Waals surface area contributed by atoms with E-state index in [0.717, 1.165) is 18.5 Å². The summed E-state index contributed by atoms with van der Waals surface area (Å²) in [6, 6.07) is 7.86. The van der Waals surface area contributed by atoms with E-state index >= 15 is 0 Å². The number of rotatable bonds is 7. The van der Waals surface area contributed by atoms with Crippen LogP contribution in [0.2, 0.25) is 0 Å². The first-order chi connectivity index (χ1) is 8.54. The van der Waals surface area contributed by atoms with Gasteiger partial charge < -0.3 is 10.4 Å². The molecule has 0 bridgehead atoms. The standard InChI is InChI=1S/C15H23NO2/c1-4-6-11-15(5-2,14(17)18)16-13-9-7-12(3)8-10-13/h7-10,16H,4-6,11H2,1-3H3,(H,17,18). The summed E-state index contributed by atoms with van der Waals surface area (Å²) < 4.78 is 0. The molecule has 1 aromatic rings. The highest BCUT2D eigenvalue weighted by Crippen LogP contribution is 2.25. The molecule has 1 rings (SSSR count). The van der Waals surface area contributed by atoms with Gasteiger partial charge in [-0.25, -0.2) is 4.79 Å². The van der Waals surface area contributed by atoms with Crippen molar-refractivity contribution in [1.29, 1.82) is 0 Å². The van der Waals surface area contributed by atoms with Gasteiger partial charge in [0.25, 0.3) is 0 Å². The third kappa shape index (κ3) is 3.49. The van der Waals surface area contributed by atoms with Gasteiger partial charge in [0.1, 0.15) is 5.54 Å². The summed E-state index contributed by atoms with van der Waals surface area (Å²) in [4.78, 5) is 11.6. The number of carbonyl (C=O) groups is 1. The minimum atomic E-state index is -0.842. The number of nitrogens with one attached hydrogen (secondary N) is 1. The fraction of sp³-hybridized carbons (Fsp3) is 0.533. The molecular formula is C15H23NO2. The lowest BCUT2D eigenvalue weighted by Crippen LogP contribution is -2.45. The van der Waals surface area contributed by atoms with Gasteiger partial charge in [-0.15, -0.1) is 0 Å². The smallest absolute Gasteiger partial charge is 0.329 e. The van der Waals surface area contributed by atoms with Crippen LogP contribution in [0.15, 0.2) is 24.3 Å². The summed E-state index contributed by atoms with van der Waals surface area (Å²) in [5.41, 5.74) is 1.21. The molecule has 0 aromatic heterocycles. The Morgan fingerprint density at radius 1 is 1.28 bits per heavy atom. The van der Waals surface area contributed by atoms with Crippen LogP contribution in [-0.4, -0.2) is 16.6 Å². The van der Waals surface area contributed by atoms with Crippen molar-refractivity contribution in [3.8, 4) is 0 Å². The van der Waals surface area contributed by atoms with Gasteiger partial charge in [0, 0.05) is 5.69 Å². The lowest BCUT2D eigenvalue weighted by Gasteiger charge is -2.30. The van der Waals surface area contributed by atoms with Crippen LogP contribution in [0, 0.1) is 6.92 Å². The minimum Gasteiger partial charge on any atom is -0.480 e. The SMILES string of the molecule is CCCCC(CC)(Nc1ccc(C)cc1)C(=O)O. The summed E-state index contributed by atoms with van der Waals surface area (Å²) in [7, 11) is 0. The molecular weight excluding hydrogens is 226 g/mol. The molecule has 0 saturated carbocycles. The Kier molecular flexibility index (Phi) is 5.20. The monoisotopic (exact) mass is 249 g/mol. The molecule has 3 heteroatoms. The van der Waals surface area contributed by atoms with E-state index in [1.807, 2.05) is 38.1 Å². The molecule has 1 unspecified atom stereocenters. The summed E-state index contributed by atoms with van der Waals surface area (Å²) in [5, 5.41) is 12.7. The van der Waals surface area contributed by atoms with Gasteiger partial charge in [0.05, 0.1) is 0 Å². The highest BCUT2D eigenvalue weighted by Gasteiger charge is 2.35. The van der Waals surface area contributed by atoms with Crippen molar-refractivity contribution in [2.24, 2.45) is 0 Å². The van der Waals surface area contributed by atoms with Crippen molar-refractivity contribution in [2.45, 2.75) is 52.0 Å². The first-order valence-corrected chi connectivity index (χ1v) is 6.62. The number of carboxylic acid groups (broad SMARTS) is 1. The maximum absolute atomic E-state index is 11.6. The Labute approximate surface area is 109 Å². The minimum absolute atomic E-state index is 0.580. The zero-order valence-corrected chi connectivity index (χ0v) is 11.5. The zero-order valence-electron chi connectivity index (χ0n) is 11.5. The second kappa shape index (κ2) is 6.43. The number of unbranched alkanes of at least 4 members (excludes halogenated alkanes) is 1. The molecule has 0 saturated heterocycles. The lowest BCUT2D eigenvalue weighted by atomic mass is 9.89. The average Bonchev–Trinajstić information content (AvgIpc) is 2.36. The van der Waals surface area contributed by atoms with E-state index in [0.29, 0.717) is 12.8 Å². The number of hydrogen-bond acceptors (Lipinski definition) is 2. The normalized spacial score (nSPS) is 13.9. The van der Waals surface area contributed by atoms with E-state index in [1.54, 1.807) is 0 Å². The highest BCUT2D eigenvalue weighted by molar-refractivity contribution is 5.82. The van der Waals surface area contributed by atoms with Crippen LogP contribution in [0.25, 0.3) is 0 Å². The van der Waals surface area contributed by atoms with Crippen LogP contribution in [0.1, 0.15) is 45.1 Å². The number of anilines is 1. The van der Waals surface area contributed by atoms with Crippen LogP contribution in [0.3, 0.4) is 0 Å². The summed E-state index contributed by atoms with van der Waals surface area (Å²) in [6.45, 7) is 6.02. The Hall–Kier alpha value is -1.51. The Morgan fingerprint density at radius 2 is 1.89 bits per heavy atom. The molecule has 0 aliphatic rings. The third-order valence-electron chi connectivity index (χ3n) is 3.41. The van der Waals surface area contributed by atoms with E-state index in [9.17, 15) is 9.90 Å². The fourth-order valence-electron chi connectivity index (χ4n) is 2.03. The fourth-order valence-corrected chi connectivity index (χ4v) is 2.03. The van der Waals surface area contributed by atoms with E-state index in [2.05, 4.69) is 12.2 Å². The summed E-state index contributed by atoms with van der Waals surface area (Å²) >= 11 is 0. The number of hydrogen-bond donors (Lipinski definition) is 2. The predicted molar refractivity (Wildman–Crippen MR) is 75.0 cm³/mol. The number of aryl methyl sites for hydroxylation is 1. The topological polar surface area (TPSA) is 49.3 Å². The van der Waals surface area contributed by atoms with Gasteiger partial charge >= 0.3 is 5.97 Å². The van der Waals surface area contributed by atoms with Crippen LogP contribution >= 0.6 is 0 Å². The maximum Gasteiger partial charge on any atom is 0.329 e. The van der Waals surface area contributed by atoms with Crippen molar-refractivity contribution in [2.75, 3.05) is 5.32 Å². The van der Waals surface area contributed by atoms with E-state index in [4.69, 9.17) is 0 Å². The molecule has 0 heterocycles. The van der Waals surface area contributed by atoms with Gasteiger partial charge in [0.2, 0.25) is 0 Å². The van der Waals surface area contributed by atoms with Gasteiger partial charge in [-0.1, -0.05) is 44.4 Å². The largest absolute Gasteiger partial charge is 0.480 e. The van der Waals surface area contributed by atoms with Gasteiger partial charge in [0.15, 0.2) is 0 Å². The van der Waals surface area contributed by atoms with Crippen LogP contribution in [-0.2, 0) is 4.79 Å². The molecule has 100 valence electrons. The second-order valence-corrected chi connectivity index (χ2v) is 4.84. The summed E-state index contributed by atoms with van der Waals surface area (Å²) in [5.74, 6) is -0.765. The van der Waals surface area contributed by atoms with Crippen molar-refractivity contribution < 1.29 is 9.90 Å². The molecule has 0 spiro atoms. The summed E-state index contributed by atoms with van der Waals surface area (Å²) in [6.07, 6.45) is 3.16. The second-order valence-electron chi connectivity index (χ2n) is 4.84. The predicted octanol–water partition coefficient (Wildman–Crippen LogP) is 3.83. The molecule has 1 aromatic carbocycles. The lowest BCUT2D eigenvalue weighted by molar-refractivity contribution is -0.142. The van der Waals surface area contributed by atoms with Crippen molar-refractivity contribution >= 4 is 11.7 Å². The maximum atomic E-state index is 11.6. The van der Waals surface area contributed by atoms with Gasteiger partial charge in [-0.05, 0) is 31.9 Å². The van der Waals surface area contributed by atoms with Gasteiger partial charge in [-0.3, -0.25) is 0 Å². The molecule has 18 heavy (non-hydrogen) atoms. The Balaban J connectivity index is 2.89. The molecule has 3 nitrogen and oxygen atoms in total. The molecule has 0 aliphatic heterocycles. The number of benzene rings is 1. The highest BCUT2D eigenvalue weighted by atomic mass is 16.4. The molecule has 0 amide bonds. The van der Waals surface area contributed by atoms with E-state index in [-0.39, 0.29) is 0 Å². The first kappa shape index (κ1) is 14.6. The van der Waals surface area contributed by atoms with Crippen LogP contribution < -0.4 is 5.32 Å². The Morgan fingerprint density at radius 3 is 2.33 bits per heavy atom. The number of carboxylic acids is 1. The molecule has 0 fully saturated rings. The molecule has 0 aliphatic carbocycles. The Bertz CT molecular complexity index is 386. The third-order valence-corrected chi connectivity index (χ3v) is 3.41. The zero-order chi connectivity index (χ0) is 13.6. The quantitative estimate of drug-likeness (QED) is 0.772. The van der Waals surface area contributed by atoms with E-state index < -0.39 is 11.5 Å². The van der Waals surface area contributed by atoms with E-state index in [1.165, 1.54) is 5.56 Å². The van der Waals surface area contributed by atoms with Crippen LogP contribution in [0.5, 0.6) is 0 Å². The molecule has 1 atom stereocenters. The number of aliphatic carboxylic acids is 1. The van der Waals surface area contributed by atoms with Crippen molar-refractivity contribution in [1.82, 2.24) is 0 Å². The van der Waals surface area contributed by atoms with Crippen molar-refractivity contribution in [3.63, 3.8) is 0 Å².